The van der Waals surface area contributed by atoms with Gasteiger partial charge in [0.2, 0.25) is 5.91 Å². The van der Waals surface area contributed by atoms with Gasteiger partial charge in [-0.1, -0.05) is 30.3 Å². The third-order valence-electron chi connectivity index (χ3n) is 1.65. The molecule has 6 heteroatoms. The summed E-state index contributed by atoms with van der Waals surface area (Å²) in [6.45, 7) is 0. The molecule has 0 aliphatic heterocycles. The standard InChI is InChI=1S/C10H11N3O3/c14-9(6-10(15)13-16)12-11-7-8-4-2-1-3-5-8/h1-5,7,16H,6H2,(H,12,14)(H,13,15)/b11-7+. The molecule has 0 aliphatic rings. The van der Waals surface area contributed by atoms with Crippen molar-refractivity contribution >= 4 is 18.0 Å². The van der Waals surface area contributed by atoms with Crippen LogP contribution in [0.5, 0.6) is 0 Å². The minimum absolute atomic E-state index is 0.470. The SMILES string of the molecule is O=C(CC(=O)N/N=C/c1ccccc1)NO. The average molecular weight is 221 g/mol. The summed E-state index contributed by atoms with van der Waals surface area (Å²) in [5.74, 6) is -1.38. The van der Waals surface area contributed by atoms with E-state index in [4.69, 9.17) is 5.21 Å². The van der Waals surface area contributed by atoms with E-state index < -0.39 is 18.2 Å². The van der Waals surface area contributed by atoms with Crippen LogP contribution in [0.4, 0.5) is 0 Å². The van der Waals surface area contributed by atoms with Crippen LogP contribution < -0.4 is 10.9 Å². The van der Waals surface area contributed by atoms with E-state index in [2.05, 4.69) is 10.5 Å². The van der Waals surface area contributed by atoms with Gasteiger partial charge in [0.05, 0.1) is 6.21 Å². The largest absolute Gasteiger partial charge is 0.289 e. The van der Waals surface area contributed by atoms with Gasteiger partial charge in [-0.3, -0.25) is 14.8 Å². The van der Waals surface area contributed by atoms with Crippen molar-refractivity contribution in [2.75, 3.05) is 0 Å². The van der Waals surface area contributed by atoms with Crippen molar-refractivity contribution in [1.29, 1.82) is 0 Å². The van der Waals surface area contributed by atoms with Gasteiger partial charge < -0.3 is 0 Å². The third kappa shape index (κ3) is 4.34. The molecule has 0 heterocycles. The van der Waals surface area contributed by atoms with Gasteiger partial charge >= 0.3 is 0 Å². The van der Waals surface area contributed by atoms with Gasteiger partial charge in [-0.25, -0.2) is 10.9 Å². The Labute approximate surface area is 91.9 Å². The number of amides is 2. The maximum Gasteiger partial charge on any atom is 0.252 e. The number of hydrazone groups is 1. The van der Waals surface area contributed by atoms with Crippen LogP contribution in [0, 0.1) is 0 Å². The summed E-state index contributed by atoms with van der Waals surface area (Å²) in [5.41, 5.74) is 4.34. The van der Waals surface area contributed by atoms with Gasteiger partial charge in [-0.2, -0.15) is 5.10 Å². The van der Waals surface area contributed by atoms with Crippen LogP contribution in [0.1, 0.15) is 12.0 Å². The zero-order chi connectivity index (χ0) is 11.8. The Morgan fingerprint density at radius 1 is 1.25 bits per heavy atom. The molecule has 2 amide bonds. The number of hydrogen-bond acceptors (Lipinski definition) is 4. The van der Waals surface area contributed by atoms with Gasteiger partial charge in [0.1, 0.15) is 6.42 Å². The molecule has 1 rings (SSSR count). The lowest BCUT2D eigenvalue weighted by molar-refractivity contribution is -0.134. The van der Waals surface area contributed by atoms with Gasteiger partial charge in [0.15, 0.2) is 0 Å². The smallest absolute Gasteiger partial charge is 0.252 e. The third-order valence-corrected chi connectivity index (χ3v) is 1.65. The summed E-state index contributed by atoms with van der Waals surface area (Å²) in [6, 6.07) is 9.17. The van der Waals surface area contributed by atoms with Crippen LogP contribution in [0.2, 0.25) is 0 Å². The lowest BCUT2D eigenvalue weighted by Crippen LogP contribution is -2.27. The molecule has 0 unspecified atom stereocenters. The van der Waals surface area contributed by atoms with Crippen molar-refractivity contribution < 1.29 is 14.8 Å². The molecule has 1 aromatic carbocycles. The predicted octanol–water partition coefficient (Wildman–Crippen LogP) is 0.0322. The number of carbonyl (C=O) groups is 2. The van der Waals surface area contributed by atoms with Crippen molar-refractivity contribution in [3.05, 3.63) is 35.9 Å². The number of carbonyl (C=O) groups excluding carboxylic acids is 2. The highest BCUT2D eigenvalue weighted by molar-refractivity contribution is 5.96. The Morgan fingerprint density at radius 2 is 1.94 bits per heavy atom. The number of hydrogen-bond donors (Lipinski definition) is 3. The monoisotopic (exact) mass is 221 g/mol. The molecule has 0 saturated heterocycles. The zero-order valence-corrected chi connectivity index (χ0v) is 8.38. The number of hydroxylamine groups is 1. The number of benzene rings is 1. The van der Waals surface area contributed by atoms with Crippen molar-refractivity contribution in [3.8, 4) is 0 Å². The van der Waals surface area contributed by atoms with E-state index in [1.165, 1.54) is 11.7 Å². The van der Waals surface area contributed by atoms with E-state index in [1.807, 2.05) is 30.3 Å². The van der Waals surface area contributed by atoms with E-state index in [-0.39, 0.29) is 0 Å². The molecule has 16 heavy (non-hydrogen) atoms. The Kier molecular flexibility index (Phi) is 4.68. The Morgan fingerprint density at radius 3 is 2.56 bits per heavy atom. The van der Waals surface area contributed by atoms with Crippen molar-refractivity contribution in [2.45, 2.75) is 6.42 Å². The highest BCUT2D eigenvalue weighted by Crippen LogP contribution is 1.93. The van der Waals surface area contributed by atoms with Gasteiger partial charge in [0, 0.05) is 0 Å². The predicted molar refractivity (Wildman–Crippen MR) is 56.7 cm³/mol. The summed E-state index contributed by atoms with van der Waals surface area (Å²) in [5, 5.41) is 11.8. The molecule has 0 atom stereocenters. The minimum Gasteiger partial charge on any atom is -0.289 e. The quantitative estimate of drug-likeness (QED) is 0.290. The van der Waals surface area contributed by atoms with Crippen LogP contribution in [0.25, 0.3) is 0 Å². The molecule has 0 bridgehead atoms. The topological polar surface area (TPSA) is 90.8 Å². The van der Waals surface area contributed by atoms with Gasteiger partial charge in [-0.05, 0) is 5.56 Å². The van der Waals surface area contributed by atoms with Gasteiger partial charge in [0.25, 0.3) is 5.91 Å². The summed E-state index contributed by atoms with van der Waals surface area (Å²) in [7, 11) is 0. The van der Waals surface area contributed by atoms with Gasteiger partial charge in [-0.15, -0.1) is 0 Å². The lowest BCUT2D eigenvalue weighted by atomic mass is 10.2. The van der Waals surface area contributed by atoms with Crippen LogP contribution in [-0.2, 0) is 9.59 Å². The lowest BCUT2D eigenvalue weighted by Gasteiger charge is -1.97. The molecule has 0 radical (unpaired) electrons. The first-order valence-electron chi connectivity index (χ1n) is 4.52. The highest BCUT2D eigenvalue weighted by Gasteiger charge is 2.06. The first-order chi connectivity index (χ1) is 7.72. The van der Waals surface area contributed by atoms with Crippen LogP contribution in [0.15, 0.2) is 35.4 Å². The second-order valence-electron chi connectivity index (χ2n) is 2.92. The summed E-state index contributed by atoms with van der Waals surface area (Å²) in [4.78, 5) is 21.6. The molecular formula is C10H11N3O3. The molecule has 84 valence electrons. The Hall–Kier alpha value is -2.21. The zero-order valence-electron chi connectivity index (χ0n) is 8.38. The normalized spacial score (nSPS) is 10.1. The van der Waals surface area contributed by atoms with Crippen molar-refractivity contribution in [2.24, 2.45) is 5.10 Å². The molecular weight excluding hydrogens is 210 g/mol. The Bertz CT molecular complexity index is 390. The van der Waals surface area contributed by atoms with E-state index in [0.717, 1.165) is 5.56 Å². The summed E-state index contributed by atoms with van der Waals surface area (Å²) >= 11 is 0. The van der Waals surface area contributed by atoms with Crippen molar-refractivity contribution in [3.63, 3.8) is 0 Å². The molecule has 1 aromatic rings. The first kappa shape index (κ1) is 11.9. The minimum atomic E-state index is -0.785. The second-order valence-corrected chi connectivity index (χ2v) is 2.92. The maximum absolute atomic E-state index is 11.0. The molecule has 0 aliphatic carbocycles. The van der Waals surface area contributed by atoms with E-state index in [9.17, 15) is 9.59 Å². The van der Waals surface area contributed by atoms with Crippen LogP contribution >= 0.6 is 0 Å². The molecule has 0 aromatic heterocycles. The summed E-state index contributed by atoms with van der Waals surface area (Å²) in [6.07, 6.45) is 0.984. The van der Waals surface area contributed by atoms with Crippen molar-refractivity contribution in [1.82, 2.24) is 10.9 Å². The molecule has 0 saturated carbocycles. The fourth-order valence-electron chi connectivity index (χ4n) is 0.943. The maximum atomic E-state index is 11.0. The van der Waals surface area contributed by atoms with E-state index in [1.54, 1.807) is 0 Å². The fraction of sp³-hybridized carbons (Fsp3) is 0.100. The molecule has 3 N–H and O–H groups in total. The second kappa shape index (κ2) is 6.31. The fourth-order valence-corrected chi connectivity index (χ4v) is 0.943. The average Bonchev–Trinajstić information content (AvgIpc) is 2.30. The van der Waals surface area contributed by atoms with Crippen LogP contribution in [-0.4, -0.2) is 23.2 Å². The highest BCUT2D eigenvalue weighted by atomic mass is 16.5. The number of nitrogens with zero attached hydrogens (tertiary/aromatic N) is 1. The van der Waals surface area contributed by atoms with Crippen LogP contribution in [0.3, 0.4) is 0 Å². The Balaban J connectivity index is 2.37. The first-order valence-corrected chi connectivity index (χ1v) is 4.52. The molecule has 6 nitrogen and oxygen atoms in total. The molecule has 0 fully saturated rings. The van der Waals surface area contributed by atoms with E-state index >= 15 is 0 Å². The van der Waals surface area contributed by atoms with E-state index in [0.29, 0.717) is 0 Å². The molecule has 0 spiro atoms. The number of nitrogens with one attached hydrogen (secondary N) is 2. The summed E-state index contributed by atoms with van der Waals surface area (Å²) < 4.78 is 0. The number of rotatable bonds is 4.